The molecule has 22 heavy (non-hydrogen) atoms. The van der Waals surface area contributed by atoms with E-state index in [0.29, 0.717) is 23.9 Å². The smallest absolute Gasteiger partial charge is 0.355 e. The zero-order valence-corrected chi connectivity index (χ0v) is 15.0. The van der Waals surface area contributed by atoms with Crippen molar-refractivity contribution in [2.45, 2.75) is 13.5 Å². The third-order valence-electron chi connectivity index (χ3n) is 3.25. The van der Waals surface area contributed by atoms with E-state index in [0.717, 1.165) is 19.6 Å². The average molecular weight is 399 g/mol. The lowest BCUT2D eigenvalue weighted by molar-refractivity contribution is 0.0515. The van der Waals surface area contributed by atoms with Gasteiger partial charge in [0, 0.05) is 17.0 Å². The number of carbonyl (C=O) groups is 1. The third kappa shape index (κ3) is 3.07. The number of aromatic nitrogens is 1. The summed E-state index contributed by atoms with van der Waals surface area (Å²) in [6.07, 6.45) is 0. The zero-order valence-electron chi connectivity index (χ0n) is 11.8. The maximum atomic E-state index is 12.2. The van der Waals surface area contributed by atoms with Crippen LogP contribution in [0.2, 0.25) is 5.02 Å². The highest BCUT2D eigenvalue weighted by atomic mass is 79.9. The Morgan fingerprint density at radius 1 is 1.36 bits per heavy atom. The quantitative estimate of drug-likeness (QED) is 0.555. The van der Waals surface area contributed by atoms with Gasteiger partial charge in [0.25, 0.3) is 0 Å². The Kier molecular flexibility index (Phi) is 4.57. The summed E-state index contributed by atoms with van der Waals surface area (Å²) in [7, 11) is 0. The summed E-state index contributed by atoms with van der Waals surface area (Å²) >= 11 is 11.1. The number of benzene rings is 1. The van der Waals surface area contributed by atoms with Gasteiger partial charge in [-0.25, -0.2) is 4.79 Å². The Morgan fingerprint density at radius 3 is 2.91 bits per heavy atom. The van der Waals surface area contributed by atoms with Crippen molar-refractivity contribution in [1.82, 2.24) is 4.57 Å². The molecule has 2 heterocycles. The van der Waals surface area contributed by atoms with E-state index in [4.69, 9.17) is 16.3 Å². The van der Waals surface area contributed by atoms with Gasteiger partial charge in [0.2, 0.25) is 0 Å². The molecule has 0 aliphatic carbocycles. The van der Waals surface area contributed by atoms with Gasteiger partial charge in [-0.3, -0.25) is 0 Å². The van der Waals surface area contributed by atoms with Crippen molar-refractivity contribution in [2.75, 3.05) is 6.61 Å². The summed E-state index contributed by atoms with van der Waals surface area (Å²) in [5.41, 5.74) is 1.61. The second-order valence-corrected chi connectivity index (χ2v) is 7.62. The topological polar surface area (TPSA) is 31.2 Å². The number of hydrogen-bond donors (Lipinski definition) is 0. The van der Waals surface area contributed by atoms with E-state index in [-0.39, 0.29) is 5.97 Å². The van der Waals surface area contributed by atoms with Crippen LogP contribution in [0.5, 0.6) is 0 Å². The van der Waals surface area contributed by atoms with Gasteiger partial charge in [-0.15, -0.1) is 11.3 Å². The third-order valence-corrected chi connectivity index (χ3v) is 5.16. The largest absolute Gasteiger partial charge is 0.461 e. The van der Waals surface area contributed by atoms with Crippen molar-refractivity contribution in [2.24, 2.45) is 0 Å². The SMILES string of the molecule is CCOC(=O)c1cc2cc(Br)sc2n1Cc1cccc(Cl)c1. The molecule has 114 valence electrons. The van der Waals surface area contributed by atoms with Gasteiger partial charge in [0.15, 0.2) is 0 Å². The van der Waals surface area contributed by atoms with Gasteiger partial charge in [0.1, 0.15) is 10.5 Å². The molecule has 0 radical (unpaired) electrons. The zero-order chi connectivity index (χ0) is 15.7. The van der Waals surface area contributed by atoms with Gasteiger partial charge in [-0.1, -0.05) is 23.7 Å². The molecule has 2 aromatic heterocycles. The van der Waals surface area contributed by atoms with Crippen molar-refractivity contribution in [1.29, 1.82) is 0 Å². The van der Waals surface area contributed by atoms with Crippen LogP contribution in [0, 0.1) is 0 Å². The Balaban J connectivity index is 2.08. The molecule has 0 atom stereocenters. The highest BCUT2D eigenvalue weighted by Gasteiger charge is 2.18. The molecule has 3 nitrogen and oxygen atoms in total. The molecular weight excluding hydrogens is 386 g/mol. The first-order valence-corrected chi connectivity index (χ1v) is 8.77. The van der Waals surface area contributed by atoms with E-state index in [1.54, 1.807) is 18.3 Å². The van der Waals surface area contributed by atoms with Crippen LogP contribution in [-0.4, -0.2) is 17.1 Å². The van der Waals surface area contributed by atoms with Crippen molar-refractivity contribution in [3.05, 3.63) is 56.5 Å². The van der Waals surface area contributed by atoms with Crippen LogP contribution in [0.3, 0.4) is 0 Å². The van der Waals surface area contributed by atoms with Crippen LogP contribution in [0.25, 0.3) is 10.2 Å². The maximum Gasteiger partial charge on any atom is 0.355 e. The van der Waals surface area contributed by atoms with Crippen LogP contribution >= 0.6 is 38.9 Å². The van der Waals surface area contributed by atoms with E-state index in [9.17, 15) is 4.79 Å². The van der Waals surface area contributed by atoms with Crippen molar-refractivity contribution < 1.29 is 9.53 Å². The first-order chi connectivity index (χ1) is 10.6. The highest BCUT2D eigenvalue weighted by molar-refractivity contribution is 9.11. The van der Waals surface area contributed by atoms with Crippen LogP contribution in [0.4, 0.5) is 0 Å². The Hall–Kier alpha value is -1.30. The fraction of sp³-hybridized carbons (Fsp3) is 0.188. The summed E-state index contributed by atoms with van der Waals surface area (Å²) in [4.78, 5) is 13.2. The van der Waals surface area contributed by atoms with Crippen LogP contribution in [0.1, 0.15) is 23.0 Å². The Morgan fingerprint density at radius 2 is 2.18 bits per heavy atom. The molecule has 0 bridgehead atoms. The van der Waals surface area contributed by atoms with E-state index in [1.807, 2.05) is 41.0 Å². The maximum absolute atomic E-state index is 12.2. The first-order valence-electron chi connectivity index (χ1n) is 6.78. The standard InChI is InChI=1S/C16H13BrClNO2S/c1-2-21-16(20)13-7-11-8-14(17)22-15(11)19(13)9-10-4-3-5-12(18)6-10/h3-8H,2,9H2,1H3. The van der Waals surface area contributed by atoms with E-state index < -0.39 is 0 Å². The monoisotopic (exact) mass is 397 g/mol. The van der Waals surface area contributed by atoms with Crippen LogP contribution in [-0.2, 0) is 11.3 Å². The summed E-state index contributed by atoms with van der Waals surface area (Å²) in [5.74, 6) is -0.302. The molecular formula is C16H13BrClNO2S. The van der Waals surface area contributed by atoms with E-state index >= 15 is 0 Å². The minimum atomic E-state index is -0.302. The van der Waals surface area contributed by atoms with Crippen LogP contribution < -0.4 is 0 Å². The number of thiophene rings is 1. The van der Waals surface area contributed by atoms with Crippen molar-refractivity contribution >= 4 is 55.1 Å². The molecule has 3 rings (SSSR count). The summed E-state index contributed by atoms with van der Waals surface area (Å²) < 4.78 is 8.18. The molecule has 0 aliphatic heterocycles. The molecule has 0 fully saturated rings. The van der Waals surface area contributed by atoms with Crippen LogP contribution in [0.15, 0.2) is 40.2 Å². The molecule has 6 heteroatoms. The minimum absolute atomic E-state index is 0.302. The van der Waals surface area contributed by atoms with Gasteiger partial charge >= 0.3 is 5.97 Å². The predicted octanol–water partition coefficient (Wildman–Crippen LogP) is 5.34. The molecule has 3 aromatic rings. The van der Waals surface area contributed by atoms with Gasteiger partial charge in [-0.2, -0.15) is 0 Å². The average Bonchev–Trinajstić information content (AvgIpc) is 2.97. The molecule has 0 spiro atoms. The number of halogens is 2. The van der Waals surface area contributed by atoms with Crippen molar-refractivity contribution in [3.8, 4) is 0 Å². The number of hydrogen-bond acceptors (Lipinski definition) is 3. The minimum Gasteiger partial charge on any atom is -0.461 e. The fourth-order valence-corrected chi connectivity index (χ4v) is 4.16. The van der Waals surface area contributed by atoms with Gasteiger partial charge < -0.3 is 9.30 Å². The lowest BCUT2D eigenvalue weighted by Crippen LogP contribution is -2.12. The lowest BCUT2D eigenvalue weighted by Gasteiger charge is -2.10. The van der Waals surface area contributed by atoms with Gasteiger partial charge in [0.05, 0.1) is 10.4 Å². The lowest BCUT2D eigenvalue weighted by atomic mass is 10.2. The normalized spacial score (nSPS) is 11.0. The Labute approximate surface area is 145 Å². The van der Waals surface area contributed by atoms with Gasteiger partial charge in [-0.05, 0) is 52.7 Å². The first kappa shape index (κ1) is 15.6. The molecule has 1 aromatic carbocycles. The second-order valence-electron chi connectivity index (χ2n) is 4.78. The second kappa shape index (κ2) is 6.44. The summed E-state index contributed by atoms with van der Waals surface area (Å²) in [5, 5.41) is 1.72. The summed E-state index contributed by atoms with van der Waals surface area (Å²) in [6, 6.07) is 11.5. The number of rotatable bonds is 4. The Bertz CT molecular complexity index is 840. The predicted molar refractivity (Wildman–Crippen MR) is 94.0 cm³/mol. The number of esters is 1. The fourth-order valence-electron chi connectivity index (χ4n) is 2.36. The number of carbonyl (C=O) groups excluding carboxylic acids is 1. The molecule has 0 amide bonds. The number of nitrogens with zero attached hydrogens (tertiary/aromatic N) is 1. The molecule has 0 aliphatic rings. The number of fused-ring (bicyclic) bond motifs is 1. The molecule has 0 N–H and O–H groups in total. The van der Waals surface area contributed by atoms with E-state index in [1.165, 1.54) is 0 Å². The summed E-state index contributed by atoms with van der Waals surface area (Å²) in [6.45, 7) is 2.74. The highest BCUT2D eigenvalue weighted by Crippen LogP contribution is 2.33. The van der Waals surface area contributed by atoms with Crippen molar-refractivity contribution in [3.63, 3.8) is 0 Å². The molecule has 0 saturated heterocycles. The number of ether oxygens (including phenoxy) is 1. The molecule has 0 unspecified atom stereocenters. The van der Waals surface area contributed by atoms with E-state index in [2.05, 4.69) is 15.9 Å². The molecule has 0 saturated carbocycles.